The molecule has 0 aliphatic rings. The first-order valence-corrected chi connectivity index (χ1v) is 6.70. The third kappa shape index (κ3) is 7.65. The molecule has 4 nitrogen and oxygen atoms in total. The van der Waals surface area contributed by atoms with Crippen LogP contribution < -0.4 is 0 Å². The van der Waals surface area contributed by atoms with Crippen LogP contribution in [0.15, 0.2) is 12.2 Å². The second-order valence-electron chi connectivity index (χ2n) is 5.81. The van der Waals surface area contributed by atoms with E-state index in [0.717, 1.165) is 6.42 Å². The van der Waals surface area contributed by atoms with Gasteiger partial charge < -0.3 is 9.47 Å². The highest BCUT2D eigenvalue weighted by Crippen LogP contribution is 2.29. The first-order chi connectivity index (χ1) is 8.68. The zero-order valence-electron chi connectivity index (χ0n) is 12.7. The predicted octanol–water partition coefficient (Wildman–Crippen LogP) is 3.11. The zero-order valence-corrected chi connectivity index (χ0v) is 12.7. The van der Waals surface area contributed by atoms with Crippen molar-refractivity contribution in [3.8, 4) is 0 Å². The number of esters is 2. The summed E-state index contributed by atoms with van der Waals surface area (Å²) in [5.41, 5.74) is 1.27. The molecule has 0 aliphatic carbocycles. The minimum Gasteiger partial charge on any atom is -0.458 e. The standard InChI is InChI=1S/C15H26O4/c1-7-18-13(16)14(17)19-9-8-11(2)10-12(3)15(4,5)6/h11H,3,7-10H2,1-2,4-6H3. The fourth-order valence-electron chi connectivity index (χ4n) is 1.43. The number of carbonyl (C=O) groups is 2. The van der Waals surface area contributed by atoms with Crippen molar-refractivity contribution in [2.24, 2.45) is 11.3 Å². The van der Waals surface area contributed by atoms with Gasteiger partial charge in [0.2, 0.25) is 0 Å². The summed E-state index contributed by atoms with van der Waals surface area (Å²) in [4.78, 5) is 22.2. The first kappa shape index (κ1) is 17.7. The maximum absolute atomic E-state index is 11.2. The van der Waals surface area contributed by atoms with E-state index in [-0.39, 0.29) is 18.6 Å². The molecule has 0 aromatic rings. The lowest BCUT2D eigenvalue weighted by molar-refractivity contribution is -0.167. The summed E-state index contributed by atoms with van der Waals surface area (Å²) in [6.45, 7) is 14.6. The van der Waals surface area contributed by atoms with E-state index in [9.17, 15) is 9.59 Å². The van der Waals surface area contributed by atoms with Gasteiger partial charge in [-0.15, -0.1) is 0 Å². The highest BCUT2D eigenvalue weighted by molar-refractivity contribution is 6.29. The smallest absolute Gasteiger partial charge is 0.417 e. The van der Waals surface area contributed by atoms with Crippen molar-refractivity contribution in [3.63, 3.8) is 0 Å². The van der Waals surface area contributed by atoms with Crippen LogP contribution in [0.1, 0.15) is 47.5 Å². The minimum atomic E-state index is -0.922. The normalized spacial score (nSPS) is 12.7. The lowest BCUT2D eigenvalue weighted by Crippen LogP contribution is -2.21. The maximum atomic E-state index is 11.2. The van der Waals surface area contributed by atoms with Gasteiger partial charge in [-0.2, -0.15) is 0 Å². The maximum Gasteiger partial charge on any atom is 0.417 e. The van der Waals surface area contributed by atoms with Crippen LogP contribution in [-0.2, 0) is 19.1 Å². The van der Waals surface area contributed by atoms with Crippen molar-refractivity contribution in [2.75, 3.05) is 13.2 Å². The van der Waals surface area contributed by atoms with Gasteiger partial charge in [-0.05, 0) is 31.1 Å². The molecule has 0 aliphatic heterocycles. The zero-order chi connectivity index (χ0) is 15.1. The summed E-state index contributed by atoms with van der Waals surface area (Å²) in [6.07, 6.45) is 1.60. The predicted molar refractivity (Wildman–Crippen MR) is 74.6 cm³/mol. The Morgan fingerprint density at radius 3 is 2.16 bits per heavy atom. The second-order valence-corrected chi connectivity index (χ2v) is 5.81. The van der Waals surface area contributed by atoms with E-state index in [4.69, 9.17) is 4.74 Å². The molecule has 19 heavy (non-hydrogen) atoms. The van der Waals surface area contributed by atoms with Crippen LogP contribution in [0.3, 0.4) is 0 Å². The molecule has 0 aromatic heterocycles. The summed E-state index contributed by atoms with van der Waals surface area (Å²) >= 11 is 0. The number of ether oxygens (including phenoxy) is 2. The lowest BCUT2D eigenvalue weighted by Gasteiger charge is -2.24. The molecular formula is C15H26O4. The molecule has 0 rings (SSSR count). The third-order valence-corrected chi connectivity index (χ3v) is 2.94. The topological polar surface area (TPSA) is 52.6 Å². The van der Waals surface area contributed by atoms with Crippen molar-refractivity contribution < 1.29 is 19.1 Å². The molecule has 0 saturated carbocycles. The Balaban J connectivity index is 3.93. The minimum absolute atomic E-state index is 0.0931. The number of allylic oxidation sites excluding steroid dienone is 1. The van der Waals surface area contributed by atoms with Crippen LogP contribution in [0.25, 0.3) is 0 Å². The van der Waals surface area contributed by atoms with E-state index in [2.05, 4.69) is 39.0 Å². The van der Waals surface area contributed by atoms with Crippen molar-refractivity contribution >= 4 is 11.9 Å². The molecule has 0 saturated heterocycles. The van der Waals surface area contributed by atoms with Gasteiger partial charge in [-0.1, -0.05) is 39.8 Å². The molecule has 0 N–H and O–H groups in total. The van der Waals surface area contributed by atoms with Gasteiger partial charge in [0.05, 0.1) is 13.2 Å². The van der Waals surface area contributed by atoms with Crippen molar-refractivity contribution in [2.45, 2.75) is 47.5 Å². The number of rotatable bonds is 6. The van der Waals surface area contributed by atoms with Crippen molar-refractivity contribution in [3.05, 3.63) is 12.2 Å². The number of hydrogen-bond donors (Lipinski definition) is 0. The molecule has 4 heteroatoms. The summed E-state index contributed by atoms with van der Waals surface area (Å²) in [5, 5.41) is 0. The fourth-order valence-corrected chi connectivity index (χ4v) is 1.43. The number of carbonyl (C=O) groups excluding carboxylic acids is 2. The highest BCUT2D eigenvalue weighted by Gasteiger charge is 2.19. The van der Waals surface area contributed by atoms with Gasteiger partial charge in [-0.3, -0.25) is 0 Å². The first-order valence-electron chi connectivity index (χ1n) is 6.70. The van der Waals surface area contributed by atoms with Gasteiger partial charge in [-0.25, -0.2) is 9.59 Å². The summed E-state index contributed by atoms with van der Waals surface area (Å²) in [7, 11) is 0. The van der Waals surface area contributed by atoms with Crippen LogP contribution in [0.2, 0.25) is 0 Å². The van der Waals surface area contributed by atoms with E-state index < -0.39 is 11.9 Å². The molecule has 110 valence electrons. The van der Waals surface area contributed by atoms with Gasteiger partial charge in [0, 0.05) is 0 Å². The Morgan fingerprint density at radius 1 is 1.16 bits per heavy atom. The summed E-state index contributed by atoms with van der Waals surface area (Å²) in [6, 6.07) is 0. The molecule has 1 unspecified atom stereocenters. The van der Waals surface area contributed by atoms with Crippen LogP contribution in [-0.4, -0.2) is 25.2 Å². The Labute approximate surface area is 116 Å². The van der Waals surface area contributed by atoms with Gasteiger partial charge >= 0.3 is 11.9 Å². The molecule has 0 radical (unpaired) electrons. The van der Waals surface area contributed by atoms with Crippen LogP contribution in [0.4, 0.5) is 0 Å². The molecule has 0 aromatic carbocycles. The molecular weight excluding hydrogens is 244 g/mol. The molecule has 0 fully saturated rings. The molecule has 0 bridgehead atoms. The Morgan fingerprint density at radius 2 is 1.68 bits per heavy atom. The van der Waals surface area contributed by atoms with Crippen molar-refractivity contribution in [1.82, 2.24) is 0 Å². The molecule has 0 amide bonds. The van der Waals surface area contributed by atoms with Crippen LogP contribution in [0, 0.1) is 11.3 Å². The third-order valence-electron chi connectivity index (χ3n) is 2.94. The van der Waals surface area contributed by atoms with Crippen LogP contribution >= 0.6 is 0 Å². The number of hydrogen-bond acceptors (Lipinski definition) is 4. The van der Waals surface area contributed by atoms with E-state index in [1.165, 1.54) is 5.57 Å². The van der Waals surface area contributed by atoms with Crippen LogP contribution in [0.5, 0.6) is 0 Å². The summed E-state index contributed by atoms with van der Waals surface area (Å²) < 4.78 is 9.39. The Bertz CT molecular complexity index is 326. The van der Waals surface area contributed by atoms with E-state index in [1.54, 1.807) is 6.92 Å². The van der Waals surface area contributed by atoms with Gasteiger partial charge in [0.1, 0.15) is 0 Å². The highest BCUT2D eigenvalue weighted by atomic mass is 16.6. The Hall–Kier alpha value is -1.32. The Kier molecular flexibility index (Phi) is 7.42. The average Bonchev–Trinajstić information content (AvgIpc) is 2.27. The molecule has 0 heterocycles. The lowest BCUT2D eigenvalue weighted by atomic mass is 9.82. The molecule has 0 spiro atoms. The molecule has 1 atom stereocenters. The fraction of sp³-hybridized carbons (Fsp3) is 0.733. The van der Waals surface area contributed by atoms with Gasteiger partial charge in [0.25, 0.3) is 0 Å². The quantitative estimate of drug-likeness (QED) is 0.423. The van der Waals surface area contributed by atoms with E-state index in [0.29, 0.717) is 12.3 Å². The van der Waals surface area contributed by atoms with E-state index >= 15 is 0 Å². The second kappa shape index (κ2) is 7.97. The monoisotopic (exact) mass is 270 g/mol. The largest absolute Gasteiger partial charge is 0.458 e. The van der Waals surface area contributed by atoms with Crippen molar-refractivity contribution in [1.29, 1.82) is 0 Å². The van der Waals surface area contributed by atoms with Gasteiger partial charge in [0.15, 0.2) is 0 Å². The van der Waals surface area contributed by atoms with E-state index in [1.807, 2.05) is 0 Å². The average molecular weight is 270 g/mol. The SMILES string of the molecule is C=C(CC(C)CCOC(=O)C(=O)OCC)C(C)(C)C. The summed E-state index contributed by atoms with van der Waals surface area (Å²) in [5.74, 6) is -1.47.